The number of nitrogens with one attached hydrogen (secondary N) is 2. The maximum atomic E-state index is 13.1. The van der Waals surface area contributed by atoms with Crippen LogP contribution in [0, 0.1) is 11.7 Å². The van der Waals surface area contributed by atoms with E-state index in [1.165, 1.54) is 6.07 Å². The van der Waals surface area contributed by atoms with E-state index >= 15 is 0 Å². The van der Waals surface area contributed by atoms with Crippen molar-refractivity contribution in [3.05, 3.63) is 23.0 Å². The molecule has 1 aromatic rings. The molecule has 19 heavy (non-hydrogen) atoms. The van der Waals surface area contributed by atoms with Crippen molar-refractivity contribution < 1.29 is 9.18 Å². The molecule has 1 amide bonds. The van der Waals surface area contributed by atoms with E-state index < -0.39 is 5.82 Å². The fraction of sp³-hybridized carbons (Fsp3) is 0.462. The maximum absolute atomic E-state index is 13.1. The third kappa shape index (κ3) is 5.34. The lowest BCUT2D eigenvalue weighted by Crippen LogP contribution is -2.28. The van der Waals surface area contributed by atoms with Gasteiger partial charge in [-0.1, -0.05) is 25.4 Å². The van der Waals surface area contributed by atoms with Gasteiger partial charge in [-0.15, -0.1) is 0 Å². The molecule has 0 aliphatic carbocycles. The van der Waals surface area contributed by atoms with Gasteiger partial charge < -0.3 is 16.4 Å². The van der Waals surface area contributed by atoms with Crippen LogP contribution in [-0.2, 0) is 4.79 Å². The molecule has 0 radical (unpaired) electrons. The molecule has 1 rings (SSSR count). The van der Waals surface area contributed by atoms with Crippen molar-refractivity contribution in [3.63, 3.8) is 0 Å². The molecule has 0 heterocycles. The van der Waals surface area contributed by atoms with E-state index in [2.05, 4.69) is 10.6 Å². The zero-order valence-electron chi connectivity index (χ0n) is 11.1. The highest BCUT2D eigenvalue weighted by molar-refractivity contribution is 6.31. The monoisotopic (exact) mass is 287 g/mol. The Hall–Kier alpha value is -1.49. The van der Waals surface area contributed by atoms with Gasteiger partial charge in [0.15, 0.2) is 0 Å². The summed E-state index contributed by atoms with van der Waals surface area (Å²) in [5.74, 6) is -0.171. The predicted octanol–water partition coefficient (Wildman–Crippen LogP) is 2.64. The maximum Gasteiger partial charge on any atom is 0.221 e. The molecule has 106 valence electrons. The van der Waals surface area contributed by atoms with Gasteiger partial charge in [0.1, 0.15) is 5.82 Å². The minimum Gasteiger partial charge on any atom is -0.397 e. The molecule has 4 nitrogen and oxygen atoms in total. The van der Waals surface area contributed by atoms with Crippen molar-refractivity contribution in [2.75, 3.05) is 24.1 Å². The van der Waals surface area contributed by atoms with Crippen LogP contribution in [0.15, 0.2) is 12.1 Å². The number of anilines is 2. The molecule has 0 aliphatic heterocycles. The van der Waals surface area contributed by atoms with Crippen LogP contribution in [0.2, 0.25) is 5.02 Å². The van der Waals surface area contributed by atoms with E-state index in [9.17, 15) is 9.18 Å². The van der Waals surface area contributed by atoms with Gasteiger partial charge in [0.2, 0.25) is 5.91 Å². The standard InChI is InChI=1S/C13H19ClFN3O/c1-8(2)7-18-13(19)3-4-17-12-5-9(14)10(15)6-11(12)16/h5-6,8,17H,3-4,7,16H2,1-2H3,(H,18,19). The summed E-state index contributed by atoms with van der Waals surface area (Å²) >= 11 is 5.66. The summed E-state index contributed by atoms with van der Waals surface area (Å²) in [4.78, 5) is 11.5. The van der Waals surface area contributed by atoms with Gasteiger partial charge in [0, 0.05) is 25.6 Å². The topological polar surface area (TPSA) is 67.2 Å². The molecule has 1 aromatic carbocycles. The molecule has 6 heteroatoms. The van der Waals surface area contributed by atoms with E-state index in [-0.39, 0.29) is 16.6 Å². The Labute approximate surface area is 117 Å². The Kier molecular flexibility index (Phi) is 5.89. The second-order valence-corrected chi connectivity index (χ2v) is 5.14. The average Bonchev–Trinajstić information content (AvgIpc) is 2.33. The molecular formula is C13H19ClFN3O. The van der Waals surface area contributed by atoms with E-state index in [0.717, 1.165) is 6.07 Å². The van der Waals surface area contributed by atoms with Crippen molar-refractivity contribution in [2.24, 2.45) is 5.92 Å². The van der Waals surface area contributed by atoms with Crippen LogP contribution in [-0.4, -0.2) is 19.0 Å². The summed E-state index contributed by atoms with van der Waals surface area (Å²) < 4.78 is 13.1. The minimum atomic E-state index is -0.556. The molecule has 0 fully saturated rings. The van der Waals surface area contributed by atoms with Crippen molar-refractivity contribution in [2.45, 2.75) is 20.3 Å². The number of carbonyl (C=O) groups excluding carboxylic acids is 1. The van der Waals surface area contributed by atoms with Crippen molar-refractivity contribution in [1.82, 2.24) is 5.32 Å². The van der Waals surface area contributed by atoms with Crippen LogP contribution in [0.1, 0.15) is 20.3 Å². The normalized spacial score (nSPS) is 10.6. The molecule has 4 N–H and O–H groups in total. The Morgan fingerprint density at radius 2 is 2.16 bits per heavy atom. The molecule has 0 saturated carbocycles. The van der Waals surface area contributed by atoms with E-state index in [4.69, 9.17) is 17.3 Å². The number of carbonyl (C=O) groups is 1. The van der Waals surface area contributed by atoms with Crippen LogP contribution in [0.25, 0.3) is 0 Å². The summed E-state index contributed by atoms with van der Waals surface area (Å²) in [7, 11) is 0. The van der Waals surface area contributed by atoms with Crippen molar-refractivity contribution >= 4 is 28.9 Å². The highest BCUT2D eigenvalue weighted by Crippen LogP contribution is 2.26. The fourth-order valence-electron chi connectivity index (χ4n) is 1.43. The lowest BCUT2D eigenvalue weighted by Gasteiger charge is -2.11. The quantitative estimate of drug-likeness (QED) is 0.705. The summed E-state index contributed by atoms with van der Waals surface area (Å²) in [5, 5.41) is 5.77. The number of hydrogen-bond donors (Lipinski definition) is 3. The van der Waals surface area contributed by atoms with Gasteiger partial charge in [0.25, 0.3) is 0 Å². The summed E-state index contributed by atoms with van der Waals surface area (Å²) in [6.45, 7) is 5.12. The fourth-order valence-corrected chi connectivity index (χ4v) is 1.60. The number of hydrogen-bond acceptors (Lipinski definition) is 3. The first-order valence-corrected chi connectivity index (χ1v) is 6.53. The first kappa shape index (κ1) is 15.6. The molecule has 0 spiro atoms. The average molecular weight is 288 g/mol. The second kappa shape index (κ2) is 7.19. The third-order valence-corrected chi connectivity index (χ3v) is 2.76. The number of benzene rings is 1. The van der Waals surface area contributed by atoms with Crippen LogP contribution < -0.4 is 16.4 Å². The van der Waals surface area contributed by atoms with Gasteiger partial charge in [-0.3, -0.25) is 4.79 Å². The molecule has 0 atom stereocenters. The summed E-state index contributed by atoms with van der Waals surface area (Å²) in [6.07, 6.45) is 0.321. The third-order valence-electron chi connectivity index (χ3n) is 2.47. The van der Waals surface area contributed by atoms with E-state index in [1.807, 2.05) is 13.8 Å². The van der Waals surface area contributed by atoms with Gasteiger partial charge in [-0.2, -0.15) is 0 Å². The van der Waals surface area contributed by atoms with E-state index in [0.29, 0.717) is 31.1 Å². The Morgan fingerprint density at radius 1 is 1.47 bits per heavy atom. The molecule has 0 saturated heterocycles. The predicted molar refractivity (Wildman–Crippen MR) is 76.8 cm³/mol. The lowest BCUT2D eigenvalue weighted by molar-refractivity contribution is -0.120. The zero-order chi connectivity index (χ0) is 14.4. The molecule has 0 unspecified atom stereocenters. The molecular weight excluding hydrogens is 269 g/mol. The van der Waals surface area contributed by atoms with Gasteiger partial charge >= 0.3 is 0 Å². The molecule has 0 aliphatic rings. The molecule has 0 aromatic heterocycles. The summed E-state index contributed by atoms with van der Waals surface area (Å²) in [6, 6.07) is 2.57. The van der Waals surface area contributed by atoms with Gasteiger partial charge in [0.05, 0.1) is 16.4 Å². The lowest BCUT2D eigenvalue weighted by atomic mass is 10.2. The van der Waals surface area contributed by atoms with Crippen molar-refractivity contribution in [1.29, 1.82) is 0 Å². The number of rotatable bonds is 6. The SMILES string of the molecule is CC(C)CNC(=O)CCNc1cc(Cl)c(F)cc1N. The largest absolute Gasteiger partial charge is 0.397 e. The number of amides is 1. The second-order valence-electron chi connectivity index (χ2n) is 4.73. The van der Waals surface area contributed by atoms with Crippen LogP contribution >= 0.6 is 11.6 Å². The van der Waals surface area contributed by atoms with Crippen LogP contribution in [0.3, 0.4) is 0 Å². The number of nitrogen functional groups attached to an aromatic ring is 1. The molecule has 0 bridgehead atoms. The van der Waals surface area contributed by atoms with E-state index in [1.54, 1.807) is 0 Å². The highest BCUT2D eigenvalue weighted by atomic mass is 35.5. The van der Waals surface area contributed by atoms with Gasteiger partial charge in [-0.05, 0) is 12.0 Å². The van der Waals surface area contributed by atoms with Gasteiger partial charge in [-0.25, -0.2) is 4.39 Å². The van der Waals surface area contributed by atoms with Crippen LogP contribution in [0.4, 0.5) is 15.8 Å². The van der Waals surface area contributed by atoms with Crippen molar-refractivity contribution in [3.8, 4) is 0 Å². The zero-order valence-corrected chi connectivity index (χ0v) is 11.9. The minimum absolute atomic E-state index is 0.000888. The Morgan fingerprint density at radius 3 is 2.79 bits per heavy atom. The Balaban J connectivity index is 2.41. The number of halogens is 2. The summed E-state index contributed by atoms with van der Waals surface area (Å²) in [5.41, 5.74) is 6.44. The van der Waals surface area contributed by atoms with Crippen LogP contribution in [0.5, 0.6) is 0 Å². The smallest absolute Gasteiger partial charge is 0.221 e. The first-order chi connectivity index (χ1) is 8.90. The highest BCUT2D eigenvalue weighted by Gasteiger charge is 2.07. The first-order valence-electron chi connectivity index (χ1n) is 6.15. The number of nitrogens with two attached hydrogens (primary N) is 1. The Bertz CT molecular complexity index is 452.